The Labute approximate surface area is 145 Å². The van der Waals surface area contributed by atoms with Gasteiger partial charge in [-0.1, -0.05) is 19.3 Å². The highest BCUT2D eigenvalue weighted by atomic mass is 19.1. The van der Waals surface area contributed by atoms with Crippen molar-refractivity contribution in [1.29, 1.82) is 0 Å². The van der Waals surface area contributed by atoms with E-state index in [1.807, 2.05) is 0 Å². The van der Waals surface area contributed by atoms with Crippen molar-refractivity contribution >= 4 is 5.91 Å². The summed E-state index contributed by atoms with van der Waals surface area (Å²) in [6.07, 6.45) is 8.54. The predicted octanol–water partition coefficient (Wildman–Crippen LogP) is 2.67. The summed E-state index contributed by atoms with van der Waals surface area (Å²) in [5.74, 6) is 1.41. The van der Waals surface area contributed by atoms with Crippen LogP contribution in [0.2, 0.25) is 0 Å². The molecule has 0 radical (unpaired) electrons. The molecular weight excluding hydrogens is 325 g/mol. The van der Waals surface area contributed by atoms with E-state index >= 15 is 0 Å². The lowest BCUT2D eigenvalue weighted by atomic mass is 9.89. The first-order valence-corrected chi connectivity index (χ1v) is 8.92. The molecule has 7 nitrogen and oxygen atoms in total. The van der Waals surface area contributed by atoms with Gasteiger partial charge in [0, 0.05) is 30.8 Å². The smallest absolute Gasteiger partial charge is 0.291 e. The van der Waals surface area contributed by atoms with Gasteiger partial charge in [0.2, 0.25) is 5.76 Å². The highest BCUT2D eigenvalue weighted by Gasteiger charge is 2.39. The average molecular weight is 347 g/mol. The van der Waals surface area contributed by atoms with Crippen LogP contribution in [-0.4, -0.2) is 50.7 Å². The topological polar surface area (TPSA) is 87.9 Å². The summed E-state index contributed by atoms with van der Waals surface area (Å²) in [6, 6.07) is 0. The molecule has 0 spiro atoms. The maximum atomic E-state index is 13.5. The van der Waals surface area contributed by atoms with Gasteiger partial charge in [-0.05, 0) is 12.8 Å². The number of hydrogen-bond acceptors (Lipinski definition) is 5. The fourth-order valence-corrected chi connectivity index (χ4v) is 3.98. The normalized spacial score (nSPS) is 24.8. The summed E-state index contributed by atoms with van der Waals surface area (Å²) in [6.45, 7) is 0.262. The molecule has 1 amide bonds. The molecular formula is C17H22FN5O2. The van der Waals surface area contributed by atoms with Crippen molar-refractivity contribution in [1.82, 2.24) is 25.1 Å². The van der Waals surface area contributed by atoms with Gasteiger partial charge in [0.1, 0.15) is 5.82 Å². The molecule has 0 bridgehead atoms. The standard InChI is InChI=1S/C17H22FN5O2/c18-6-12-8-23(17(24)14-7-19-10-25-14)9-13(12)16-20-15(21-22-16)11-4-2-1-3-5-11/h7,10-13H,1-6,8-9H2,(H,20,21,22)/t12-,13-/m1/s1. The van der Waals surface area contributed by atoms with Gasteiger partial charge in [-0.25, -0.2) is 9.97 Å². The van der Waals surface area contributed by atoms with Crippen molar-refractivity contribution in [2.24, 2.45) is 5.92 Å². The van der Waals surface area contributed by atoms with E-state index in [4.69, 9.17) is 4.42 Å². The van der Waals surface area contributed by atoms with E-state index in [1.165, 1.54) is 31.9 Å². The van der Waals surface area contributed by atoms with Crippen LogP contribution in [0.1, 0.15) is 66.1 Å². The maximum absolute atomic E-state index is 13.5. The van der Waals surface area contributed by atoms with Gasteiger partial charge in [0.05, 0.1) is 12.9 Å². The third kappa shape index (κ3) is 3.17. The molecule has 8 heteroatoms. The number of halogens is 1. The van der Waals surface area contributed by atoms with Crippen molar-refractivity contribution in [2.45, 2.75) is 43.9 Å². The summed E-state index contributed by atoms with van der Waals surface area (Å²) < 4.78 is 18.6. The highest BCUT2D eigenvalue weighted by molar-refractivity contribution is 5.91. The van der Waals surface area contributed by atoms with Crippen LogP contribution in [-0.2, 0) is 0 Å². The molecule has 0 aromatic carbocycles. The minimum Gasteiger partial charge on any atom is -0.438 e. The largest absolute Gasteiger partial charge is 0.438 e. The molecule has 2 atom stereocenters. The highest BCUT2D eigenvalue weighted by Crippen LogP contribution is 2.34. The number of nitrogens with one attached hydrogen (secondary N) is 1. The van der Waals surface area contributed by atoms with Gasteiger partial charge in [-0.3, -0.25) is 14.3 Å². The zero-order chi connectivity index (χ0) is 17.2. The van der Waals surface area contributed by atoms with Crippen LogP contribution >= 0.6 is 0 Å². The van der Waals surface area contributed by atoms with Crippen molar-refractivity contribution in [3.8, 4) is 0 Å². The van der Waals surface area contributed by atoms with Crippen LogP contribution < -0.4 is 0 Å². The minimum atomic E-state index is -0.496. The molecule has 1 N–H and O–H groups in total. The van der Waals surface area contributed by atoms with Gasteiger partial charge in [0.15, 0.2) is 12.2 Å². The SMILES string of the molecule is O=C(c1cnco1)N1C[C@@H](CF)[C@H](c2nc(C3CCCCC3)n[nH]2)C1. The quantitative estimate of drug-likeness (QED) is 0.918. The number of nitrogens with zero attached hydrogens (tertiary/aromatic N) is 4. The fraction of sp³-hybridized carbons (Fsp3) is 0.647. The van der Waals surface area contributed by atoms with E-state index in [-0.39, 0.29) is 23.5 Å². The molecule has 3 heterocycles. The molecule has 1 saturated heterocycles. The number of aromatic nitrogens is 4. The Morgan fingerprint density at radius 1 is 1.32 bits per heavy atom. The Bertz CT molecular complexity index is 710. The van der Waals surface area contributed by atoms with Crippen LogP contribution in [0.15, 0.2) is 17.0 Å². The van der Waals surface area contributed by atoms with Crippen LogP contribution in [0.4, 0.5) is 4.39 Å². The van der Waals surface area contributed by atoms with Crippen LogP contribution in [0.25, 0.3) is 0 Å². The first-order chi connectivity index (χ1) is 12.3. The van der Waals surface area contributed by atoms with Gasteiger partial charge < -0.3 is 9.32 Å². The number of carbonyl (C=O) groups excluding carboxylic acids is 1. The zero-order valence-corrected chi connectivity index (χ0v) is 14.0. The molecule has 2 aliphatic rings. The fourth-order valence-electron chi connectivity index (χ4n) is 3.98. The average Bonchev–Trinajstić information content (AvgIpc) is 3.41. The van der Waals surface area contributed by atoms with E-state index in [9.17, 15) is 9.18 Å². The summed E-state index contributed by atoms with van der Waals surface area (Å²) in [5, 5.41) is 7.38. The zero-order valence-electron chi connectivity index (χ0n) is 14.0. The lowest BCUT2D eigenvalue weighted by molar-refractivity contribution is 0.0753. The second-order valence-electron chi connectivity index (χ2n) is 7.01. The molecule has 0 unspecified atom stereocenters. The number of alkyl halides is 1. The first kappa shape index (κ1) is 16.2. The Hall–Kier alpha value is -2.25. The van der Waals surface area contributed by atoms with Crippen LogP contribution in [0, 0.1) is 5.92 Å². The Morgan fingerprint density at radius 2 is 2.16 bits per heavy atom. The van der Waals surface area contributed by atoms with Gasteiger partial charge >= 0.3 is 0 Å². The molecule has 2 fully saturated rings. The summed E-state index contributed by atoms with van der Waals surface area (Å²) in [5.41, 5.74) is 0. The Morgan fingerprint density at radius 3 is 2.88 bits per heavy atom. The van der Waals surface area contributed by atoms with E-state index in [0.717, 1.165) is 18.7 Å². The number of H-pyrrole nitrogens is 1. The third-order valence-electron chi connectivity index (χ3n) is 5.41. The molecule has 25 heavy (non-hydrogen) atoms. The Balaban J connectivity index is 1.49. The summed E-state index contributed by atoms with van der Waals surface area (Å²) in [7, 11) is 0. The van der Waals surface area contributed by atoms with E-state index in [1.54, 1.807) is 4.90 Å². The van der Waals surface area contributed by atoms with Crippen molar-refractivity contribution < 1.29 is 13.6 Å². The number of carbonyl (C=O) groups is 1. The van der Waals surface area contributed by atoms with Crippen LogP contribution in [0.3, 0.4) is 0 Å². The molecule has 4 rings (SSSR count). The van der Waals surface area contributed by atoms with Gasteiger partial charge in [-0.2, -0.15) is 5.10 Å². The molecule has 1 saturated carbocycles. The number of likely N-dealkylation sites (tertiary alicyclic amines) is 1. The minimum absolute atomic E-state index is 0.165. The number of aromatic amines is 1. The van der Waals surface area contributed by atoms with Crippen molar-refractivity contribution in [3.05, 3.63) is 30.0 Å². The first-order valence-electron chi connectivity index (χ1n) is 8.92. The monoisotopic (exact) mass is 347 g/mol. The third-order valence-corrected chi connectivity index (χ3v) is 5.41. The maximum Gasteiger partial charge on any atom is 0.291 e. The molecule has 2 aromatic heterocycles. The predicted molar refractivity (Wildman–Crippen MR) is 86.8 cm³/mol. The number of rotatable bonds is 4. The van der Waals surface area contributed by atoms with E-state index < -0.39 is 6.67 Å². The van der Waals surface area contributed by atoms with E-state index in [0.29, 0.717) is 24.8 Å². The number of hydrogen-bond donors (Lipinski definition) is 1. The lowest BCUT2D eigenvalue weighted by Gasteiger charge is -2.18. The molecule has 134 valence electrons. The summed E-state index contributed by atoms with van der Waals surface area (Å²) in [4.78, 5) is 22.5. The molecule has 1 aliphatic carbocycles. The summed E-state index contributed by atoms with van der Waals surface area (Å²) >= 11 is 0. The van der Waals surface area contributed by atoms with E-state index in [2.05, 4.69) is 20.2 Å². The second-order valence-corrected chi connectivity index (χ2v) is 7.01. The molecule has 1 aliphatic heterocycles. The van der Waals surface area contributed by atoms with Gasteiger partial charge in [-0.15, -0.1) is 0 Å². The van der Waals surface area contributed by atoms with Gasteiger partial charge in [0.25, 0.3) is 5.91 Å². The number of amides is 1. The Kier molecular flexibility index (Phi) is 4.50. The lowest BCUT2D eigenvalue weighted by Crippen LogP contribution is -2.28. The van der Waals surface area contributed by atoms with Crippen molar-refractivity contribution in [2.75, 3.05) is 19.8 Å². The molecule has 2 aromatic rings. The number of oxazole rings is 1. The van der Waals surface area contributed by atoms with Crippen LogP contribution in [0.5, 0.6) is 0 Å². The second kappa shape index (κ2) is 6.93. The van der Waals surface area contributed by atoms with Crippen molar-refractivity contribution in [3.63, 3.8) is 0 Å².